The molecule has 0 saturated carbocycles. The first-order valence-corrected chi connectivity index (χ1v) is 7.91. The first kappa shape index (κ1) is 15.4. The van der Waals surface area contributed by atoms with Gasteiger partial charge in [0.15, 0.2) is 0 Å². The molecule has 0 atom stereocenters. The highest BCUT2D eigenvalue weighted by Gasteiger charge is 2.32. The minimum atomic E-state index is -0.257. The zero-order chi connectivity index (χ0) is 17.4. The monoisotopic (exact) mass is 352 g/mol. The molecule has 7 heteroatoms. The van der Waals surface area contributed by atoms with Crippen molar-refractivity contribution < 1.29 is 9.53 Å². The summed E-state index contributed by atoms with van der Waals surface area (Å²) in [7, 11) is 1.49. The van der Waals surface area contributed by atoms with E-state index in [2.05, 4.69) is 15.0 Å². The van der Waals surface area contributed by atoms with Gasteiger partial charge in [0.25, 0.3) is 5.91 Å². The lowest BCUT2D eigenvalue weighted by molar-refractivity contribution is -0.113. The Morgan fingerprint density at radius 1 is 1.28 bits per heavy atom. The lowest BCUT2D eigenvalue weighted by atomic mass is 10.2. The minimum Gasteiger partial charge on any atom is -0.468 e. The van der Waals surface area contributed by atoms with Gasteiger partial charge < -0.3 is 9.72 Å². The van der Waals surface area contributed by atoms with E-state index in [9.17, 15) is 4.79 Å². The fraction of sp³-hybridized carbons (Fsp3) is 0.0556. The summed E-state index contributed by atoms with van der Waals surface area (Å²) >= 11 is 6.02. The summed E-state index contributed by atoms with van der Waals surface area (Å²) < 4.78 is 5.28. The van der Waals surface area contributed by atoms with E-state index in [0.29, 0.717) is 16.4 Å². The number of carbonyl (C=O) groups is 1. The number of para-hydroxylation sites is 1. The number of amidine groups is 1. The van der Waals surface area contributed by atoms with Crippen LogP contribution in [0.4, 0.5) is 5.69 Å². The van der Waals surface area contributed by atoms with Crippen molar-refractivity contribution in [1.29, 1.82) is 0 Å². The first-order valence-electron chi connectivity index (χ1n) is 7.54. The Morgan fingerprint density at radius 3 is 2.84 bits per heavy atom. The molecule has 0 saturated heterocycles. The molecule has 0 aliphatic carbocycles. The van der Waals surface area contributed by atoms with Gasteiger partial charge in [0.05, 0.1) is 17.8 Å². The van der Waals surface area contributed by atoms with Crippen molar-refractivity contribution in [1.82, 2.24) is 9.97 Å². The number of fused-ring (bicyclic) bond motifs is 1. The summed E-state index contributed by atoms with van der Waals surface area (Å²) in [5.41, 5.74) is 2.45. The quantitative estimate of drug-likeness (QED) is 0.716. The van der Waals surface area contributed by atoms with E-state index in [1.807, 2.05) is 30.3 Å². The Morgan fingerprint density at radius 2 is 2.08 bits per heavy atom. The van der Waals surface area contributed by atoms with Gasteiger partial charge in [0, 0.05) is 23.3 Å². The van der Waals surface area contributed by atoms with Crippen LogP contribution in [0.1, 0.15) is 5.56 Å². The summed E-state index contributed by atoms with van der Waals surface area (Å²) in [6.45, 7) is 0. The number of methoxy groups -OCH3 is 1. The second-order valence-electron chi connectivity index (χ2n) is 5.40. The second kappa shape index (κ2) is 6.07. The zero-order valence-corrected chi connectivity index (χ0v) is 14.0. The van der Waals surface area contributed by atoms with Gasteiger partial charge >= 0.3 is 6.02 Å². The van der Waals surface area contributed by atoms with Gasteiger partial charge in [-0.05, 0) is 24.3 Å². The molecule has 1 amide bonds. The Kier molecular flexibility index (Phi) is 3.74. The standard InChI is InChI=1S/C18H13ClN4O2/c1-25-18-22-15(17(24)23(18)13-5-3-2-4-6-13)7-11-9-20-16-14(11)8-12(19)10-21-16/h2-10H,1H3,(H,20,21)/b15-7-. The predicted molar refractivity (Wildman–Crippen MR) is 97.5 cm³/mol. The molecule has 0 unspecified atom stereocenters. The van der Waals surface area contributed by atoms with Crippen molar-refractivity contribution in [2.75, 3.05) is 12.0 Å². The summed E-state index contributed by atoms with van der Waals surface area (Å²) in [6.07, 6.45) is 5.03. The third-order valence-electron chi connectivity index (χ3n) is 3.85. The van der Waals surface area contributed by atoms with E-state index in [0.717, 1.165) is 10.9 Å². The second-order valence-corrected chi connectivity index (χ2v) is 5.83. The van der Waals surface area contributed by atoms with Crippen LogP contribution in [-0.4, -0.2) is 29.0 Å². The van der Waals surface area contributed by atoms with Gasteiger partial charge in [0.1, 0.15) is 11.3 Å². The van der Waals surface area contributed by atoms with Gasteiger partial charge in [-0.25, -0.2) is 9.88 Å². The Labute approximate surface area is 148 Å². The smallest absolute Gasteiger partial charge is 0.304 e. The average molecular weight is 353 g/mol. The van der Waals surface area contributed by atoms with Crippen LogP contribution in [0.2, 0.25) is 5.02 Å². The van der Waals surface area contributed by atoms with E-state index in [1.165, 1.54) is 12.0 Å². The van der Waals surface area contributed by atoms with Gasteiger partial charge in [-0.15, -0.1) is 0 Å². The Hall–Kier alpha value is -3.12. The van der Waals surface area contributed by atoms with Gasteiger partial charge in [-0.3, -0.25) is 4.79 Å². The molecule has 0 fully saturated rings. The summed E-state index contributed by atoms with van der Waals surface area (Å²) in [5.74, 6) is -0.257. The maximum atomic E-state index is 12.8. The Balaban J connectivity index is 1.78. The molecule has 0 radical (unpaired) electrons. The molecule has 6 nitrogen and oxygen atoms in total. The number of anilines is 1. The van der Waals surface area contributed by atoms with Crippen LogP contribution in [0.3, 0.4) is 0 Å². The van der Waals surface area contributed by atoms with Crippen molar-refractivity contribution in [2.45, 2.75) is 0 Å². The molecular formula is C18H13ClN4O2. The number of amides is 1. The van der Waals surface area contributed by atoms with Crippen LogP contribution in [0, 0.1) is 0 Å². The number of halogens is 1. The fourth-order valence-electron chi connectivity index (χ4n) is 2.70. The highest BCUT2D eigenvalue weighted by molar-refractivity contribution is 6.31. The third-order valence-corrected chi connectivity index (χ3v) is 4.06. The number of hydrogen-bond acceptors (Lipinski definition) is 4. The van der Waals surface area contributed by atoms with Crippen molar-refractivity contribution in [3.63, 3.8) is 0 Å². The van der Waals surface area contributed by atoms with Crippen molar-refractivity contribution in [3.8, 4) is 0 Å². The number of aromatic nitrogens is 2. The molecule has 2 aromatic heterocycles. The van der Waals surface area contributed by atoms with Gasteiger partial charge in [-0.2, -0.15) is 4.99 Å². The number of aliphatic imine (C=N–C) groups is 1. The number of pyridine rings is 1. The maximum absolute atomic E-state index is 12.8. The highest BCUT2D eigenvalue weighted by Crippen LogP contribution is 2.27. The van der Waals surface area contributed by atoms with Gasteiger partial charge in [-0.1, -0.05) is 29.8 Å². The number of nitrogens with zero attached hydrogens (tertiary/aromatic N) is 3. The molecule has 1 N–H and O–H groups in total. The molecule has 124 valence electrons. The third kappa shape index (κ3) is 2.66. The number of hydrogen-bond donors (Lipinski definition) is 1. The summed E-state index contributed by atoms with van der Waals surface area (Å²) in [5, 5.41) is 1.34. The number of H-pyrrole nitrogens is 1. The summed E-state index contributed by atoms with van der Waals surface area (Å²) in [6, 6.07) is 11.3. The SMILES string of the molecule is COC1=N/C(=C\c2c[nH]c3ncc(Cl)cc23)C(=O)N1c1ccccc1. The lowest BCUT2D eigenvalue weighted by Crippen LogP contribution is -2.32. The molecule has 1 aliphatic rings. The van der Waals surface area contributed by atoms with Crippen LogP contribution in [-0.2, 0) is 9.53 Å². The predicted octanol–water partition coefficient (Wildman–Crippen LogP) is 3.61. The molecule has 0 spiro atoms. The maximum Gasteiger partial charge on any atom is 0.304 e. The van der Waals surface area contributed by atoms with Gasteiger partial charge in [0.2, 0.25) is 0 Å². The largest absolute Gasteiger partial charge is 0.468 e. The Bertz CT molecular complexity index is 1020. The van der Waals surface area contributed by atoms with E-state index in [1.54, 1.807) is 24.5 Å². The number of nitrogens with one attached hydrogen (secondary N) is 1. The zero-order valence-electron chi connectivity index (χ0n) is 13.2. The van der Waals surface area contributed by atoms with E-state index >= 15 is 0 Å². The number of ether oxygens (including phenoxy) is 1. The molecule has 4 rings (SSSR count). The van der Waals surface area contributed by atoms with Crippen LogP contribution < -0.4 is 4.90 Å². The van der Waals surface area contributed by atoms with Crippen molar-refractivity contribution in [2.24, 2.45) is 4.99 Å². The summed E-state index contributed by atoms with van der Waals surface area (Å²) in [4.78, 5) is 25.8. The van der Waals surface area contributed by atoms with E-state index < -0.39 is 0 Å². The van der Waals surface area contributed by atoms with Crippen LogP contribution >= 0.6 is 11.6 Å². The molecule has 1 aliphatic heterocycles. The molecule has 25 heavy (non-hydrogen) atoms. The molecule has 1 aromatic carbocycles. The average Bonchev–Trinajstić information content (AvgIpc) is 3.17. The topological polar surface area (TPSA) is 70.6 Å². The number of rotatable bonds is 2. The molecular weight excluding hydrogens is 340 g/mol. The molecule has 3 aromatic rings. The van der Waals surface area contributed by atoms with E-state index in [4.69, 9.17) is 16.3 Å². The number of carbonyl (C=O) groups excluding carboxylic acids is 1. The fourth-order valence-corrected chi connectivity index (χ4v) is 2.86. The van der Waals surface area contributed by atoms with Crippen LogP contribution in [0.5, 0.6) is 0 Å². The van der Waals surface area contributed by atoms with Crippen LogP contribution in [0.15, 0.2) is 59.5 Å². The lowest BCUT2D eigenvalue weighted by Gasteiger charge is -2.16. The minimum absolute atomic E-state index is 0.235. The van der Waals surface area contributed by atoms with E-state index in [-0.39, 0.29) is 17.6 Å². The normalized spacial score (nSPS) is 15.9. The first-order chi connectivity index (χ1) is 12.2. The van der Waals surface area contributed by atoms with Crippen molar-refractivity contribution >= 4 is 46.3 Å². The van der Waals surface area contributed by atoms with Crippen molar-refractivity contribution in [3.05, 3.63) is 65.1 Å². The number of aromatic amines is 1. The highest BCUT2D eigenvalue weighted by atomic mass is 35.5. The molecule has 3 heterocycles. The number of benzene rings is 1. The molecule has 0 bridgehead atoms. The van der Waals surface area contributed by atoms with Crippen LogP contribution in [0.25, 0.3) is 17.1 Å².